The van der Waals surface area contributed by atoms with E-state index in [2.05, 4.69) is 10.1 Å². The van der Waals surface area contributed by atoms with Crippen LogP contribution in [0.15, 0.2) is 47.2 Å². The van der Waals surface area contributed by atoms with Gasteiger partial charge in [-0.25, -0.2) is 9.59 Å². The second-order valence-corrected chi connectivity index (χ2v) is 5.76. The van der Waals surface area contributed by atoms with Gasteiger partial charge in [-0.1, -0.05) is 18.2 Å². The molecule has 152 valence electrons. The van der Waals surface area contributed by atoms with Crippen molar-refractivity contribution in [3.05, 3.63) is 52.7 Å². The number of nitrogens with one attached hydrogen (secondary N) is 1. The van der Waals surface area contributed by atoms with Crippen LogP contribution in [-0.2, 0) is 18.9 Å². The van der Waals surface area contributed by atoms with Crippen molar-refractivity contribution in [1.82, 2.24) is 5.32 Å². The maximum absolute atomic E-state index is 12.0. The van der Waals surface area contributed by atoms with Crippen LogP contribution in [0.5, 0.6) is 5.75 Å². The molecule has 0 saturated heterocycles. The standard InChI is InChI=1S/C19H23NO8/c1-11-16(27-18(22)25-4)15(13-7-5-6-8-14(13)24-3)17(12(2)20-11)28-19(23)26-10-9-21/h5-8,15,20-21H,9-10H2,1-4H3. The fourth-order valence-corrected chi connectivity index (χ4v) is 2.79. The third kappa shape index (κ3) is 4.74. The van der Waals surface area contributed by atoms with Gasteiger partial charge in [0.15, 0.2) is 0 Å². The van der Waals surface area contributed by atoms with Gasteiger partial charge in [0.25, 0.3) is 0 Å². The average molecular weight is 393 g/mol. The molecular weight excluding hydrogens is 370 g/mol. The summed E-state index contributed by atoms with van der Waals surface area (Å²) >= 11 is 0. The topological polar surface area (TPSA) is 113 Å². The maximum atomic E-state index is 12.0. The Morgan fingerprint density at radius 1 is 1.04 bits per heavy atom. The molecule has 0 fully saturated rings. The van der Waals surface area contributed by atoms with Gasteiger partial charge in [-0.3, -0.25) is 0 Å². The molecule has 28 heavy (non-hydrogen) atoms. The monoisotopic (exact) mass is 393 g/mol. The number of aliphatic hydroxyl groups excluding tert-OH is 1. The van der Waals surface area contributed by atoms with E-state index < -0.39 is 18.2 Å². The van der Waals surface area contributed by atoms with Crippen LogP contribution in [0, 0.1) is 0 Å². The van der Waals surface area contributed by atoms with Gasteiger partial charge >= 0.3 is 12.3 Å². The van der Waals surface area contributed by atoms with Crippen molar-refractivity contribution < 1.29 is 38.4 Å². The fraction of sp³-hybridized carbons (Fsp3) is 0.368. The second-order valence-electron chi connectivity index (χ2n) is 5.76. The first-order chi connectivity index (χ1) is 13.4. The van der Waals surface area contributed by atoms with E-state index in [9.17, 15) is 9.59 Å². The Morgan fingerprint density at radius 3 is 2.21 bits per heavy atom. The van der Waals surface area contributed by atoms with Gasteiger partial charge in [0, 0.05) is 5.56 Å². The van der Waals surface area contributed by atoms with Gasteiger partial charge in [-0.2, -0.15) is 0 Å². The SMILES string of the molecule is COC(=O)OC1=C(C)NC(C)=C(OC(=O)OCCO)C1c1ccccc1OC. The first-order valence-corrected chi connectivity index (χ1v) is 8.45. The summed E-state index contributed by atoms with van der Waals surface area (Å²) in [5.41, 5.74) is 1.66. The zero-order valence-electron chi connectivity index (χ0n) is 16.1. The number of hydrogen-bond acceptors (Lipinski definition) is 9. The number of methoxy groups -OCH3 is 2. The predicted molar refractivity (Wildman–Crippen MR) is 97.3 cm³/mol. The summed E-state index contributed by atoms with van der Waals surface area (Å²) in [6.07, 6.45) is -1.92. The van der Waals surface area contributed by atoms with Crippen LogP contribution in [0.1, 0.15) is 25.3 Å². The average Bonchev–Trinajstić information content (AvgIpc) is 2.69. The van der Waals surface area contributed by atoms with Gasteiger partial charge in [-0.05, 0) is 19.9 Å². The molecule has 0 aromatic heterocycles. The molecule has 0 amide bonds. The molecule has 0 bridgehead atoms. The van der Waals surface area contributed by atoms with E-state index >= 15 is 0 Å². The Kier molecular flexibility index (Phi) is 7.28. The number of aliphatic hydroxyl groups is 1. The zero-order chi connectivity index (χ0) is 20.7. The summed E-state index contributed by atoms with van der Waals surface area (Å²) in [4.78, 5) is 23.8. The van der Waals surface area contributed by atoms with E-state index in [1.807, 2.05) is 0 Å². The van der Waals surface area contributed by atoms with E-state index in [1.165, 1.54) is 14.2 Å². The number of dihydropyridines is 1. The lowest BCUT2D eigenvalue weighted by atomic mass is 9.90. The lowest BCUT2D eigenvalue weighted by molar-refractivity contribution is 0.0547. The van der Waals surface area contributed by atoms with Crippen LogP contribution in [0.25, 0.3) is 0 Å². The normalized spacial score (nSPS) is 16.2. The van der Waals surface area contributed by atoms with E-state index in [0.29, 0.717) is 22.7 Å². The highest BCUT2D eigenvalue weighted by Crippen LogP contribution is 2.42. The molecule has 1 aromatic carbocycles. The van der Waals surface area contributed by atoms with E-state index in [1.54, 1.807) is 38.1 Å². The van der Waals surface area contributed by atoms with Crippen molar-refractivity contribution in [1.29, 1.82) is 0 Å². The van der Waals surface area contributed by atoms with Crippen molar-refractivity contribution in [2.24, 2.45) is 0 Å². The minimum atomic E-state index is -0.998. The Balaban J connectivity index is 2.53. The molecule has 1 heterocycles. The number of rotatable bonds is 6. The molecular formula is C19H23NO8. The molecule has 0 saturated carbocycles. The lowest BCUT2D eigenvalue weighted by Gasteiger charge is -2.30. The van der Waals surface area contributed by atoms with Crippen molar-refractivity contribution in [2.45, 2.75) is 19.8 Å². The summed E-state index contributed by atoms with van der Waals surface area (Å²) in [5.74, 6) is 0.0767. The van der Waals surface area contributed by atoms with Crippen molar-refractivity contribution in [3.8, 4) is 5.75 Å². The van der Waals surface area contributed by atoms with E-state index in [4.69, 9.17) is 24.1 Å². The summed E-state index contributed by atoms with van der Waals surface area (Å²) in [7, 11) is 2.70. The predicted octanol–water partition coefficient (Wildman–Crippen LogP) is 2.77. The second kappa shape index (κ2) is 9.65. The molecule has 2 N–H and O–H groups in total. The molecule has 2 rings (SSSR count). The third-order valence-corrected chi connectivity index (χ3v) is 3.95. The van der Waals surface area contributed by atoms with Crippen LogP contribution in [0.4, 0.5) is 9.59 Å². The van der Waals surface area contributed by atoms with Gasteiger partial charge in [0.1, 0.15) is 29.8 Å². The number of benzene rings is 1. The molecule has 0 aliphatic carbocycles. The number of ether oxygens (including phenoxy) is 5. The number of carbonyl (C=O) groups is 2. The Labute approximate surface area is 162 Å². The number of allylic oxidation sites excluding steroid dienone is 2. The summed E-state index contributed by atoms with van der Waals surface area (Å²) in [6, 6.07) is 7.06. The molecule has 1 aromatic rings. The maximum Gasteiger partial charge on any atom is 0.513 e. The smallest absolute Gasteiger partial charge is 0.496 e. The largest absolute Gasteiger partial charge is 0.513 e. The van der Waals surface area contributed by atoms with Crippen LogP contribution in [0.2, 0.25) is 0 Å². The third-order valence-electron chi connectivity index (χ3n) is 3.95. The number of para-hydroxylation sites is 1. The Hall–Kier alpha value is -3.20. The molecule has 1 aliphatic heterocycles. The van der Waals surface area contributed by atoms with Gasteiger partial charge in [0.05, 0.1) is 32.2 Å². The molecule has 1 unspecified atom stereocenters. The zero-order valence-corrected chi connectivity index (χ0v) is 16.1. The lowest BCUT2D eigenvalue weighted by Crippen LogP contribution is -2.29. The van der Waals surface area contributed by atoms with Crippen molar-refractivity contribution >= 4 is 12.3 Å². The molecule has 1 aliphatic rings. The first kappa shape index (κ1) is 21.1. The van der Waals surface area contributed by atoms with Gasteiger partial charge in [0.2, 0.25) is 0 Å². The summed E-state index contributed by atoms with van der Waals surface area (Å²) in [6.45, 7) is 2.87. The molecule has 1 atom stereocenters. The minimum absolute atomic E-state index is 0.164. The van der Waals surface area contributed by atoms with Crippen LogP contribution in [0.3, 0.4) is 0 Å². The minimum Gasteiger partial charge on any atom is -0.496 e. The molecule has 9 heteroatoms. The Bertz CT molecular complexity index is 799. The molecule has 9 nitrogen and oxygen atoms in total. The van der Waals surface area contributed by atoms with Crippen LogP contribution < -0.4 is 10.1 Å². The molecule has 0 spiro atoms. The highest BCUT2D eigenvalue weighted by molar-refractivity contribution is 5.65. The highest BCUT2D eigenvalue weighted by Gasteiger charge is 2.37. The highest BCUT2D eigenvalue weighted by atomic mass is 16.7. The van der Waals surface area contributed by atoms with Crippen LogP contribution in [-0.4, -0.2) is 44.9 Å². The van der Waals surface area contributed by atoms with Crippen LogP contribution >= 0.6 is 0 Å². The van der Waals surface area contributed by atoms with Crippen molar-refractivity contribution in [2.75, 3.05) is 27.4 Å². The van der Waals surface area contributed by atoms with E-state index in [0.717, 1.165) is 0 Å². The van der Waals surface area contributed by atoms with Gasteiger partial charge in [-0.15, -0.1) is 0 Å². The number of carbonyl (C=O) groups excluding carboxylic acids is 2. The van der Waals surface area contributed by atoms with E-state index in [-0.39, 0.29) is 24.7 Å². The number of hydrogen-bond donors (Lipinski definition) is 2. The molecule has 0 radical (unpaired) electrons. The quantitative estimate of drug-likeness (QED) is 0.704. The summed E-state index contributed by atoms with van der Waals surface area (Å²) < 4.78 is 25.6. The van der Waals surface area contributed by atoms with Crippen molar-refractivity contribution in [3.63, 3.8) is 0 Å². The van der Waals surface area contributed by atoms with Gasteiger partial charge < -0.3 is 34.1 Å². The Morgan fingerprint density at radius 2 is 1.64 bits per heavy atom. The fourth-order valence-electron chi connectivity index (χ4n) is 2.79. The first-order valence-electron chi connectivity index (χ1n) is 8.45. The summed E-state index contributed by atoms with van der Waals surface area (Å²) in [5, 5.41) is 11.8.